The SMILES string of the molecule is C[C@@H]1CN(c2ncc(F)c(N3CC(C(=O)NCc4cnc5ccccn45)C3)n2)CCN1. The predicted molar refractivity (Wildman–Crippen MR) is 114 cm³/mol. The Balaban J connectivity index is 1.19. The highest BCUT2D eigenvalue weighted by Gasteiger charge is 2.35. The van der Waals surface area contributed by atoms with Crippen LogP contribution in [0.25, 0.3) is 5.65 Å². The summed E-state index contributed by atoms with van der Waals surface area (Å²) in [5.74, 6) is 0.0905. The number of hydrogen-bond acceptors (Lipinski definition) is 7. The quantitative estimate of drug-likeness (QED) is 0.627. The minimum absolute atomic E-state index is 0.0484. The van der Waals surface area contributed by atoms with Gasteiger partial charge in [-0.1, -0.05) is 6.07 Å². The first-order valence-corrected chi connectivity index (χ1v) is 10.5. The number of halogens is 1. The molecule has 0 bridgehead atoms. The maximum atomic E-state index is 14.4. The zero-order valence-electron chi connectivity index (χ0n) is 17.3. The zero-order valence-corrected chi connectivity index (χ0v) is 17.3. The van der Waals surface area contributed by atoms with Gasteiger partial charge in [0.15, 0.2) is 11.6 Å². The van der Waals surface area contributed by atoms with E-state index in [0.717, 1.165) is 31.0 Å². The summed E-state index contributed by atoms with van der Waals surface area (Å²) in [6.45, 7) is 5.77. The minimum atomic E-state index is -0.462. The van der Waals surface area contributed by atoms with E-state index in [1.807, 2.05) is 28.8 Å². The highest BCUT2D eigenvalue weighted by Crippen LogP contribution is 2.27. The standard InChI is InChI=1S/C21H25FN8O/c1-14-11-28(7-5-23-14)21-26-10-17(22)19(27-21)29-12-15(13-29)20(31)25-9-16-8-24-18-4-2-3-6-30(16)18/h2-4,6,8,10,14-15,23H,5,7,9,11-13H2,1H3,(H,25,31)/t14-/m1/s1. The van der Waals surface area contributed by atoms with Crippen molar-refractivity contribution in [3.63, 3.8) is 0 Å². The van der Waals surface area contributed by atoms with Crippen molar-refractivity contribution in [1.82, 2.24) is 30.0 Å². The van der Waals surface area contributed by atoms with Gasteiger partial charge in [-0.2, -0.15) is 4.98 Å². The normalized spacial score (nSPS) is 19.5. The molecule has 2 aliphatic heterocycles. The average molecular weight is 424 g/mol. The molecule has 31 heavy (non-hydrogen) atoms. The number of nitrogens with zero attached hydrogens (tertiary/aromatic N) is 6. The average Bonchev–Trinajstić information content (AvgIpc) is 3.16. The van der Waals surface area contributed by atoms with Gasteiger partial charge in [0.1, 0.15) is 5.65 Å². The molecule has 1 atom stereocenters. The number of anilines is 2. The second kappa shape index (κ2) is 8.10. The van der Waals surface area contributed by atoms with Crippen LogP contribution in [-0.4, -0.2) is 64.0 Å². The number of hydrogen-bond donors (Lipinski definition) is 2. The zero-order chi connectivity index (χ0) is 21.4. The number of amides is 1. The van der Waals surface area contributed by atoms with Gasteiger partial charge in [0.2, 0.25) is 11.9 Å². The highest BCUT2D eigenvalue weighted by molar-refractivity contribution is 5.81. The molecule has 162 valence electrons. The topological polar surface area (TPSA) is 90.7 Å². The van der Waals surface area contributed by atoms with Crippen molar-refractivity contribution in [3.05, 3.63) is 48.3 Å². The van der Waals surface area contributed by atoms with E-state index in [1.165, 1.54) is 6.20 Å². The summed E-state index contributed by atoms with van der Waals surface area (Å²) < 4.78 is 16.3. The molecule has 0 spiro atoms. The van der Waals surface area contributed by atoms with E-state index in [-0.39, 0.29) is 17.6 Å². The van der Waals surface area contributed by atoms with Crippen LogP contribution >= 0.6 is 0 Å². The third kappa shape index (κ3) is 3.90. The van der Waals surface area contributed by atoms with E-state index in [4.69, 9.17) is 0 Å². The Kier molecular flexibility index (Phi) is 5.14. The summed E-state index contributed by atoms with van der Waals surface area (Å²) in [6.07, 6.45) is 4.91. The van der Waals surface area contributed by atoms with Crippen molar-refractivity contribution in [3.8, 4) is 0 Å². The molecule has 2 aliphatic rings. The molecule has 0 saturated carbocycles. The van der Waals surface area contributed by atoms with Crippen molar-refractivity contribution in [2.24, 2.45) is 5.92 Å². The molecule has 2 N–H and O–H groups in total. The molecule has 3 aromatic heterocycles. The third-order valence-corrected chi connectivity index (χ3v) is 5.85. The molecule has 0 unspecified atom stereocenters. The van der Waals surface area contributed by atoms with Crippen LogP contribution in [0, 0.1) is 11.7 Å². The van der Waals surface area contributed by atoms with E-state index in [0.29, 0.717) is 31.6 Å². The number of carbonyl (C=O) groups is 1. The molecule has 0 aliphatic carbocycles. The van der Waals surface area contributed by atoms with Crippen LogP contribution in [0.1, 0.15) is 12.6 Å². The Labute approximate surface area is 179 Å². The second-order valence-corrected chi connectivity index (χ2v) is 8.14. The van der Waals surface area contributed by atoms with Crippen molar-refractivity contribution < 1.29 is 9.18 Å². The fourth-order valence-corrected chi connectivity index (χ4v) is 4.09. The fraction of sp³-hybridized carbons (Fsp3) is 0.429. The number of rotatable bonds is 5. The van der Waals surface area contributed by atoms with E-state index in [2.05, 4.69) is 37.4 Å². The molecule has 2 fully saturated rings. The largest absolute Gasteiger partial charge is 0.352 e. The smallest absolute Gasteiger partial charge is 0.227 e. The summed E-state index contributed by atoms with van der Waals surface area (Å²) in [6, 6.07) is 6.10. The van der Waals surface area contributed by atoms with Gasteiger partial charge in [0, 0.05) is 45.0 Å². The maximum absolute atomic E-state index is 14.4. The van der Waals surface area contributed by atoms with Gasteiger partial charge in [0.05, 0.1) is 30.6 Å². The summed E-state index contributed by atoms with van der Waals surface area (Å²) in [4.78, 5) is 29.4. The number of carbonyl (C=O) groups excluding carboxylic acids is 1. The summed E-state index contributed by atoms with van der Waals surface area (Å²) in [5.41, 5.74) is 1.76. The van der Waals surface area contributed by atoms with Crippen LogP contribution in [0.2, 0.25) is 0 Å². The molecule has 10 heteroatoms. The van der Waals surface area contributed by atoms with Gasteiger partial charge < -0.3 is 24.8 Å². The number of piperazine rings is 1. The van der Waals surface area contributed by atoms with E-state index in [1.54, 1.807) is 11.1 Å². The molecule has 2 saturated heterocycles. The van der Waals surface area contributed by atoms with Gasteiger partial charge in [-0.3, -0.25) is 4.79 Å². The van der Waals surface area contributed by atoms with Crippen LogP contribution < -0.4 is 20.4 Å². The van der Waals surface area contributed by atoms with Crippen LogP contribution in [0.15, 0.2) is 36.8 Å². The number of nitrogens with one attached hydrogen (secondary N) is 2. The van der Waals surface area contributed by atoms with Gasteiger partial charge in [0.25, 0.3) is 0 Å². The maximum Gasteiger partial charge on any atom is 0.227 e. The number of fused-ring (bicyclic) bond motifs is 1. The Bertz CT molecular complexity index is 1100. The number of imidazole rings is 1. The van der Waals surface area contributed by atoms with Crippen LogP contribution in [0.5, 0.6) is 0 Å². The lowest BCUT2D eigenvalue weighted by molar-refractivity contribution is -0.125. The first-order chi connectivity index (χ1) is 15.1. The monoisotopic (exact) mass is 424 g/mol. The lowest BCUT2D eigenvalue weighted by Crippen LogP contribution is -2.54. The Morgan fingerprint density at radius 1 is 1.23 bits per heavy atom. The van der Waals surface area contributed by atoms with Gasteiger partial charge in [-0.15, -0.1) is 0 Å². The molecular weight excluding hydrogens is 399 g/mol. The molecule has 0 radical (unpaired) electrons. The second-order valence-electron chi connectivity index (χ2n) is 8.14. The summed E-state index contributed by atoms with van der Waals surface area (Å²) in [7, 11) is 0. The Morgan fingerprint density at radius 2 is 2.10 bits per heavy atom. The van der Waals surface area contributed by atoms with Crippen LogP contribution in [0.3, 0.4) is 0 Å². The minimum Gasteiger partial charge on any atom is -0.352 e. The number of aromatic nitrogens is 4. The van der Waals surface area contributed by atoms with Crippen molar-refractivity contribution >= 4 is 23.3 Å². The Morgan fingerprint density at radius 3 is 2.94 bits per heavy atom. The molecule has 5 rings (SSSR count). The Hall–Kier alpha value is -3.27. The van der Waals surface area contributed by atoms with Crippen LogP contribution in [0.4, 0.5) is 16.2 Å². The van der Waals surface area contributed by atoms with E-state index >= 15 is 0 Å². The van der Waals surface area contributed by atoms with E-state index < -0.39 is 5.82 Å². The third-order valence-electron chi connectivity index (χ3n) is 5.85. The van der Waals surface area contributed by atoms with E-state index in [9.17, 15) is 9.18 Å². The molecule has 0 aromatic carbocycles. The first-order valence-electron chi connectivity index (χ1n) is 10.5. The molecule has 9 nitrogen and oxygen atoms in total. The van der Waals surface area contributed by atoms with Crippen LogP contribution in [-0.2, 0) is 11.3 Å². The first kappa shape index (κ1) is 19.7. The summed E-state index contributed by atoms with van der Waals surface area (Å²) in [5, 5.41) is 6.34. The molecular formula is C21H25FN8O. The highest BCUT2D eigenvalue weighted by atomic mass is 19.1. The van der Waals surface area contributed by atoms with Crippen molar-refractivity contribution in [1.29, 1.82) is 0 Å². The lowest BCUT2D eigenvalue weighted by atomic mass is 9.99. The lowest BCUT2D eigenvalue weighted by Gasteiger charge is -2.39. The van der Waals surface area contributed by atoms with Gasteiger partial charge in [-0.25, -0.2) is 14.4 Å². The summed E-state index contributed by atoms with van der Waals surface area (Å²) >= 11 is 0. The van der Waals surface area contributed by atoms with Crippen molar-refractivity contribution in [2.75, 3.05) is 42.5 Å². The van der Waals surface area contributed by atoms with Gasteiger partial charge in [-0.05, 0) is 19.1 Å². The molecule has 1 amide bonds. The molecule has 3 aromatic rings. The predicted octanol–water partition coefficient (Wildman–Crippen LogP) is 0.814. The van der Waals surface area contributed by atoms with Crippen molar-refractivity contribution in [2.45, 2.75) is 19.5 Å². The fourth-order valence-electron chi connectivity index (χ4n) is 4.09. The number of pyridine rings is 1. The molecule has 5 heterocycles. The van der Waals surface area contributed by atoms with Gasteiger partial charge >= 0.3 is 0 Å².